The molecule has 0 spiro atoms. The predicted octanol–water partition coefficient (Wildman–Crippen LogP) is 2.53. The van der Waals surface area contributed by atoms with Crippen LogP contribution in [0.2, 0.25) is 0 Å². The summed E-state index contributed by atoms with van der Waals surface area (Å²) in [4.78, 5) is 0. The highest BCUT2D eigenvalue weighted by Crippen LogP contribution is 2.20. The summed E-state index contributed by atoms with van der Waals surface area (Å²) in [5.41, 5.74) is 0. The van der Waals surface area contributed by atoms with Crippen LogP contribution >= 0.6 is 0 Å². The van der Waals surface area contributed by atoms with Gasteiger partial charge in [-0.1, -0.05) is 6.08 Å². The molecule has 2 atom stereocenters. The third-order valence-electron chi connectivity index (χ3n) is 2.93. The van der Waals surface area contributed by atoms with Crippen molar-refractivity contribution in [3.63, 3.8) is 0 Å². The van der Waals surface area contributed by atoms with Gasteiger partial charge in [0.2, 0.25) is 0 Å². The summed E-state index contributed by atoms with van der Waals surface area (Å²) in [6, 6.07) is 0. The van der Waals surface area contributed by atoms with Crippen LogP contribution in [-0.4, -0.2) is 44.9 Å². The van der Waals surface area contributed by atoms with Gasteiger partial charge in [-0.05, 0) is 33.1 Å². The van der Waals surface area contributed by atoms with Crippen molar-refractivity contribution < 1.29 is 18.9 Å². The van der Waals surface area contributed by atoms with Gasteiger partial charge in [-0.15, -0.1) is 6.58 Å². The van der Waals surface area contributed by atoms with Crippen LogP contribution < -0.4 is 0 Å². The molecule has 1 saturated heterocycles. The Morgan fingerprint density at radius 3 is 2.50 bits per heavy atom. The molecule has 0 N–H and O–H groups in total. The minimum atomic E-state index is -0.284. The van der Waals surface area contributed by atoms with Gasteiger partial charge >= 0.3 is 0 Å². The Morgan fingerprint density at radius 1 is 1.28 bits per heavy atom. The van der Waals surface area contributed by atoms with Gasteiger partial charge in [0.15, 0.2) is 6.29 Å². The van der Waals surface area contributed by atoms with Crippen molar-refractivity contribution in [2.24, 2.45) is 0 Å². The van der Waals surface area contributed by atoms with E-state index in [1.54, 1.807) is 0 Å². The summed E-state index contributed by atoms with van der Waals surface area (Å²) in [7, 11) is 0. The fourth-order valence-corrected chi connectivity index (χ4v) is 2.11. The molecule has 0 unspecified atom stereocenters. The van der Waals surface area contributed by atoms with Gasteiger partial charge in [-0.3, -0.25) is 0 Å². The topological polar surface area (TPSA) is 36.9 Å². The van der Waals surface area contributed by atoms with Crippen molar-refractivity contribution in [3.8, 4) is 0 Å². The molecule has 1 aliphatic rings. The third kappa shape index (κ3) is 5.48. The van der Waals surface area contributed by atoms with Gasteiger partial charge in [0.25, 0.3) is 0 Å². The lowest BCUT2D eigenvalue weighted by atomic mass is 10.1. The first-order valence-electron chi connectivity index (χ1n) is 6.89. The molecule has 0 aromatic rings. The maximum absolute atomic E-state index is 5.89. The van der Waals surface area contributed by atoms with Crippen molar-refractivity contribution in [1.29, 1.82) is 0 Å². The van der Waals surface area contributed by atoms with Gasteiger partial charge in [-0.25, -0.2) is 0 Å². The summed E-state index contributed by atoms with van der Waals surface area (Å²) in [5, 5.41) is 0. The molecular weight excluding hydrogens is 232 g/mol. The van der Waals surface area contributed by atoms with Gasteiger partial charge < -0.3 is 18.9 Å². The van der Waals surface area contributed by atoms with E-state index >= 15 is 0 Å². The van der Waals surface area contributed by atoms with Crippen LogP contribution in [0.3, 0.4) is 0 Å². The summed E-state index contributed by atoms with van der Waals surface area (Å²) in [6.07, 6.45) is 4.82. The van der Waals surface area contributed by atoms with Crippen LogP contribution in [0.5, 0.6) is 0 Å². The van der Waals surface area contributed by atoms with E-state index in [9.17, 15) is 0 Å². The molecule has 0 radical (unpaired) electrons. The Hall–Kier alpha value is -0.420. The van der Waals surface area contributed by atoms with Crippen molar-refractivity contribution in [2.75, 3.05) is 26.4 Å². The molecule has 0 amide bonds. The molecule has 4 nitrogen and oxygen atoms in total. The Bertz CT molecular complexity index is 208. The van der Waals surface area contributed by atoms with Crippen LogP contribution in [0.4, 0.5) is 0 Å². The first-order chi connectivity index (χ1) is 8.81. The van der Waals surface area contributed by atoms with E-state index in [0.717, 1.165) is 25.9 Å². The fraction of sp³-hybridized carbons (Fsp3) is 0.857. The Balaban J connectivity index is 2.36. The van der Waals surface area contributed by atoms with Gasteiger partial charge in [0.1, 0.15) is 0 Å². The van der Waals surface area contributed by atoms with Crippen LogP contribution in [0.15, 0.2) is 12.7 Å². The van der Waals surface area contributed by atoms with Gasteiger partial charge in [0, 0.05) is 19.8 Å². The first-order valence-corrected chi connectivity index (χ1v) is 6.89. The zero-order valence-electron chi connectivity index (χ0n) is 11.6. The second-order valence-corrected chi connectivity index (χ2v) is 4.29. The molecule has 1 heterocycles. The summed E-state index contributed by atoms with van der Waals surface area (Å²) in [6.45, 7) is 10.2. The Labute approximate surface area is 110 Å². The van der Waals surface area contributed by atoms with E-state index in [-0.39, 0.29) is 18.5 Å². The van der Waals surface area contributed by atoms with Crippen molar-refractivity contribution in [1.82, 2.24) is 0 Å². The maximum Gasteiger partial charge on any atom is 0.180 e. The SMILES string of the molecule is C=CC[C@@H](OCC(OCC)OCC)[C@@H]1CCCO1. The van der Waals surface area contributed by atoms with E-state index in [2.05, 4.69) is 6.58 Å². The second-order valence-electron chi connectivity index (χ2n) is 4.29. The zero-order valence-corrected chi connectivity index (χ0v) is 11.6. The van der Waals surface area contributed by atoms with Crippen molar-refractivity contribution in [3.05, 3.63) is 12.7 Å². The number of hydrogen-bond acceptors (Lipinski definition) is 4. The molecule has 1 aliphatic heterocycles. The summed E-state index contributed by atoms with van der Waals surface area (Å²) >= 11 is 0. The smallest absolute Gasteiger partial charge is 0.180 e. The zero-order chi connectivity index (χ0) is 13.2. The molecule has 0 saturated carbocycles. The van der Waals surface area contributed by atoms with Crippen LogP contribution in [0, 0.1) is 0 Å². The minimum Gasteiger partial charge on any atom is -0.376 e. The highest BCUT2D eigenvalue weighted by atomic mass is 16.7. The van der Waals surface area contributed by atoms with E-state index in [1.807, 2.05) is 19.9 Å². The molecule has 0 bridgehead atoms. The summed E-state index contributed by atoms with van der Waals surface area (Å²) in [5.74, 6) is 0. The first kappa shape index (κ1) is 15.6. The number of rotatable bonds is 10. The highest BCUT2D eigenvalue weighted by Gasteiger charge is 2.26. The molecule has 106 valence electrons. The largest absolute Gasteiger partial charge is 0.376 e. The van der Waals surface area contributed by atoms with E-state index in [0.29, 0.717) is 19.8 Å². The number of hydrogen-bond donors (Lipinski definition) is 0. The minimum absolute atomic E-state index is 0.0633. The van der Waals surface area contributed by atoms with Crippen LogP contribution in [0.1, 0.15) is 33.1 Å². The normalized spacial score (nSPS) is 21.4. The molecular formula is C14H26O4. The van der Waals surface area contributed by atoms with E-state index < -0.39 is 0 Å². The standard InChI is InChI=1S/C14H26O4/c1-4-8-12(13-9-7-10-17-13)18-11-14(15-5-2)16-6-3/h4,12-14H,1,5-11H2,2-3H3/t12-,13+/m1/s1. The Kier molecular flexibility index (Phi) is 8.25. The number of ether oxygens (including phenoxy) is 4. The molecule has 18 heavy (non-hydrogen) atoms. The van der Waals surface area contributed by atoms with Crippen LogP contribution in [-0.2, 0) is 18.9 Å². The van der Waals surface area contributed by atoms with Crippen LogP contribution in [0.25, 0.3) is 0 Å². The highest BCUT2D eigenvalue weighted by molar-refractivity contribution is 4.82. The quantitative estimate of drug-likeness (QED) is 0.446. The fourth-order valence-electron chi connectivity index (χ4n) is 2.11. The predicted molar refractivity (Wildman–Crippen MR) is 70.6 cm³/mol. The lowest BCUT2D eigenvalue weighted by Gasteiger charge is -2.25. The molecule has 1 rings (SSSR count). The lowest BCUT2D eigenvalue weighted by Crippen LogP contribution is -2.33. The van der Waals surface area contributed by atoms with Crippen molar-refractivity contribution >= 4 is 0 Å². The van der Waals surface area contributed by atoms with Crippen molar-refractivity contribution in [2.45, 2.75) is 51.6 Å². The molecule has 0 aromatic heterocycles. The maximum atomic E-state index is 5.89. The molecule has 1 fully saturated rings. The van der Waals surface area contributed by atoms with E-state index in [1.165, 1.54) is 0 Å². The lowest BCUT2D eigenvalue weighted by molar-refractivity contribution is -0.184. The molecule has 4 heteroatoms. The third-order valence-corrected chi connectivity index (χ3v) is 2.93. The van der Waals surface area contributed by atoms with E-state index in [4.69, 9.17) is 18.9 Å². The Morgan fingerprint density at radius 2 is 2.00 bits per heavy atom. The van der Waals surface area contributed by atoms with Gasteiger partial charge in [-0.2, -0.15) is 0 Å². The molecule has 0 aliphatic carbocycles. The van der Waals surface area contributed by atoms with Gasteiger partial charge in [0.05, 0.1) is 18.8 Å². The average Bonchev–Trinajstić information content (AvgIpc) is 2.88. The average molecular weight is 258 g/mol. The summed E-state index contributed by atoms with van der Waals surface area (Å²) < 4.78 is 22.5. The monoisotopic (exact) mass is 258 g/mol. The molecule has 0 aromatic carbocycles. The second kappa shape index (κ2) is 9.50.